The fourth-order valence-corrected chi connectivity index (χ4v) is 5.34. The molecule has 0 fully saturated rings. The highest BCUT2D eigenvalue weighted by Gasteiger charge is 2.19. The van der Waals surface area contributed by atoms with Crippen molar-refractivity contribution in [2.45, 2.75) is 25.8 Å². The van der Waals surface area contributed by atoms with E-state index in [-0.39, 0.29) is 24.1 Å². The van der Waals surface area contributed by atoms with Gasteiger partial charge in [0, 0.05) is 16.8 Å². The Morgan fingerprint density at radius 2 is 1.90 bits per heavy atom. The third-order valence-electron chi connectivity index (χ3n) is 4.56. The minimum atomic E-state index is -0.362. The van der Waals surface area contributed by atoms with E-state index in [0.29, 0.717) is 22.3 Å². The molecular weight excluding hydrogens is 463 g/mol. The van der Waals surface area contributed by atoms with E-state index in [1.165, 1.54) is 27.9 Å². The highest BCUT2D eigenvalue weighted by atomic mass is 35.5. The van der Waals surface area contributed by atoms with E-state index in [9.17, 15) is 9.59 Å². The summed E-state index contributed by atoms with van der Waals surface area (Å²) in [4.78, 5) is 37.4. The maximum absolute atomic E-state index is 12.7. The van der Waals surface area contributed by atoms with Crippen LogP contribution in [-0.2, 0) is 9.59 Å². The fourth-order valence-electron chi connectivity index (χ4n) is 2.83. The lowest BCUT2D eigenvalue weighted by Gasteiger charge is -2.20. The van der Waals surface area contributed by atoms with Gasteiger partial charge in [-0.2, -0.15) is 0 Å². The van der Waals surface area contributed by atoms with Crippen LogP contribution in [0.1, 0.15) is 17.4 Å². The second kappa shape index (κ2) is 9.96. The quantitative estimate of drug-likeness (QED) is 0.370. The Labute approximate surface area is 193 Å². The van der Waals surface area contributed by atoms with Gasteiger partial charge < -0.3 is 10.2 Å². The third-order valence-corrected chi connectivity index (χ3v) is 7.28. The predicted octanol–water partition coefficient (Wildman–Crippen LogP) is 5.19. The minimum absolute atomic E-state index is 0.0901. The van der Waals surface area contributed by atoms with Crippen molar-refractivity contribution in [3.05, 3.63) is 45.0 Å². The number of aromatic nitrogens is 2. The molecule has 0 bridgehead atoms. The first kappa shape index (κ1) is 22.8. The van der Waals surface area contributed by atoms with E-state index >= 15 is 0 Å². The summed E-state index contributed by atoms with van der Waals surface area (Å²) in [6.45, 7) is 6.22. The van der Waals surface area contributed by atoms with Gasteiger partial charge in [0.1, 0.15) is 16.2 Å². The van der Waals surface area contributed by atoms with E-state index in [1.807, 2.05) is 20.8 Å². The number of halogens is 2. The Morgan fingerprint density at radius 3 is 2.57 bits per heavy atom. The van der Waals surface area contributed by atoms with Gasteiger partial charge in [0.25, 0.3) is 0 Å². The number of nitrogens with one attached hydrogen (secondary N) is 1. The summed E-state index contributed by atoms with van der Waals surface area (Å²) in [5.41, 5.74) is 1.48. The molecule has 30 heavy (non-hydrogen) atoms. The second-order valence-electron chi connectivity index (χ2n) is 6.48. The van der Waals surface area contributed by atoms with Crippen molar-refractivity contribution in [1.29, 1.82) is 0 Å². The molecule has 0 unspecified atom stereocenters. The van der Waals surface area contributed by atoms with E-state index in [1.54, 1.807) is 29.5 Å². The van der Waals surface area contributed by atoms with Gasteiger partial charge in [0.2, 0.25) is 11.8 Å². The largest absolute Gasteiger partial charge is 0.333 e. The average molecular weight is 483 g/mol. The molecule has 3 rings (SSSR count). The third kappa shape index (κ3) is 5.06. The molecule has 2 heterocycles. The van der Waals surface area contributed by atoms with Crippen LogP contribution in [0.25, 0.3) is 10.2 Å². The van der Waals surface area contributed by atoms with Gasteiger partial charge in [-0.05, 0) is 38.5 Å². The fraction of sp³-hybridized carbons (Fsp3) is 0.300. The maximum Gasteiger partial charge on any atom is 0.244 e. The van der Waals surface area contributed by atoms with E-state index in [2.05, 4.69) is 15.3 Å². The highest BCUT2D eigenvalue weighted by Crippen LogP contribution is 2.34. The van der Waals surface area contributed by atoms with Gasteiger partial charge >= 0.3 is 0 Å². The van der Waals surface area contributed by atoms with E-state index in [0.717, 1.165) is 20.8 Å². The van der Waals surface area contributed by atoms with Crippen molar-refractivity contribution in [1.82, 2.24) is 14.9 Å². The molecule has 0 aliphatic heterocycles. The molecule has 158 valence electrons. The van der Waals surface area contributed by atoms with E-state index < -0.39 is 0 Å². The van der Waals surface area contributed by atoms with Crippen LogP contribution in [0.4, 0.5) is 5.69 Å². The van der Waals surface area contributed by atoms with Crippen LogP contribution in [0, 0.1) is 13.8 Å². The summed E-state index contributed by atoms with van der Waals surface area (Å²) in [5.74, 6) is -0.341. The number of hydrogen-bond donors (Lipinski definition) is 1. The molecule has 0 aliphatic rings. The van der Waals surface area contributed by atoms with Crippen molar-refractivity contribution in [3.63, 3.8) is 0 Å². The lowest BCUT2D eigenvalue weighted by Crippen LogP contribution is -2.38. The smallest absolute Gasteiger partial charge is 0.244 e. The zero-order valence-electron chi connectivity index (χ0n) is 16.7. The lowest BCUT2D eigenvalue weighted by molar-refractivity contribution is -0.132. The summed E-state index contributed by atoms with van der Waals surface area (Å²) < 4.78 is 0. The number of aryl methyl sites for hydroxylation is 2. The summed E-state index contributed by atoms with van der Waals surface area (Å²) in [6, 6.07) is 4.97. The molecule has 1 aromatic carbocycles. The van der Waals surface area contributed by atoms with Gasteiger partial charge in [-0.15, -0.1) is 11.3 Å². The van der Waals surface area contributed by atoms with Crippen molar-refractivity contribution >= 4 is 74.0 Å². The number of hydrogen-bond acceptors (Lipinski definition) is 6. The van der Waals surface area contributed by atoms with Crippen LogP contribution in [0.2, 0.25) is 10.0 Å². The molecule has 10 heteroatoms. The molecule has 2 amide bonds. The molecule has 1 N–H and O–H groups in total. The zero-order valence-corrected chi connectivity index (χ0v) is 19.8. The van der Waals surface area contributed by atoms with Gasteiger partial charge in [-0.3, -0.25) is 9.59 Å². The molecule has 0 spiro atoms. The number of rotatable bonds is 7. The number of likely N-dealkylation sites (N-methyl/N-ethyl adjacent to an activating group) is 1. The number of anilines is 1. The van der Waals surface area contributed by atoms with Crippen molar-refractivity contribution in [2.75, 3.05) is 24.2 Å². The van der Waals surface area contributed by atoms with Crippen LogP contribution in [0.15, 0.2) is 29.6 Å². The topological polar surface area (TPSA) is 75.2 Å². The van der Waals surface area contributed by atoms with Crippen LogP contribution < -0.4 is 5.32 Å². The first-order chi connectivity index (χ1) is 14.3. The number of benzene rings is 1. The molecule has 0 saturated heterocycles. The molecule has 0 saturated carbocycles. The lowest BCUT2D eigenvalue weighted by atomic mass is 10.2. The molecule has 0 atom stereocenters. The molecule has 2 aromatic heterocycles. The SMILES string of the molecule is CCN(CC(=O)Nc1c(Cl)cccc1Cl)C(=O)CSc1ncnc2sc(C)c(C)c12. The number of thioether (sulfide) groups is 1. The molecular formula is C20H20Cl2N4O2S2. The molecule has 3 aromatic rings. The number of thiophene rings is 1. The first-order valence-electron chi connectivity index (χ1n) is 9.17. The number of amides is 2. The van der Waals surface area contributed by atoms with Crippen LogP contribution >= 0.6 is 46.3 Å². The van der Waals surface area contributed by atoms with Crippen LogP contribution in [0.3, 0.4) is 0 Å². The molecule has 0 radical (unpaired) electrons. The van der Waals surface area contributed by atoms with Crippen molar-refractivity contribution < 1.29 is 9.59 Å². The second-order valence-corrected chi connectivity index (χ2v) is 9.47. The van der Waals surface area contributed by atoms with Crippen LogP contribution in [0.5, 0.6) is 0 Å². The Kier molecular flexibility index (Phi) is 7.57. The maximum atomic E-state index is 12.7. The zero-order chi connectivity index (χ0) is 21.8. The van der Waals surface area contributed by atoms with Gasteiger partial charge in [-0.1, -0.05) is 41.0 Å². The number of fused-ring (bicyclic) bond motifs is 1. The Balaban J connectivity index is 1.65. The monoisotopic (exact) mass is 482 g/mol. The Bertz CT molecular complexity index is 1080. The number of nitrogens with zero attached hydrogens (tertiary/aromatic N) is 3. The summed E-state index contributed by atoms with van der Waals surface area (Å²) in [7, 11) is 0. The van der Waals surface area contributed by atoms with Gasteiger partial charge in [-0.25, -0.2) is 9.97 Å². The number of carbonyl (C=O) groups excluding carboxylic acids is 2. The summed E-state index contributed by atoms with van der Waals surface area (Å²) in [6.07, 6.45) is 1.52. The molecule has 0 aliphatic carbocycles. The highest BCUT2D eigenvalue weighted by molar-refractivity contribution is 8.00. The van der Waals surface area contributed by atoms with Crippen molar-refractivity contribution in [3.8, 4) is 0 Å². The Hall–Kier alpha value is -1.87. The van der Waals surface area contributed by atoms with E-state index in [4.69, 9.17) is 23.2 Å². The number of carbonyl (C=O) groups is 2. The normalized spacial score (nSPS) is 11.0. The summed E-state index contributed by atoms with van der Waals surface area (Å²) in [5, 5.41) is 5.14. The average Bonchev–Trinajstić information content (AvgIpc) is 3.01. The van der Waals surface area contributed by atoms with Crippen LogP contribution in [-0.4, -0.2) is 45.5 Å². The Morgan fingerprint density at radius 1 is 1.20 bits per heavy atom. The van der Waals surface area contributed by atoms with Gasteiger partial charge in [0.05, 0.1) is 28.0 Å². The summed E-state index contributed by atoms with van der Waals surface area (Å²) >= 11 is 15.2. The number of para-hydroxylation sites is 1. The minimum Gasteiger partial charge on any atom is -0.333 e. The van der Waals surface area contributed by atoms with Crippen molar-refractivity contribution in [2.24, 2.45) is 0 Å². The predicted molar refractivity (Wildman–Crippen MR) is 125 cm³/mol. The standard InChI is InChI=1S/C20H20Cl2N4O2S2/c1-4-26(8-15(27)25-18-13(21)6-5-7-14(18)22)16(28)9-29-19-17-11(2)12(3)30-20(17)24-10-23-19/h5-7,10H,4,8-9H2,1-3H3,(H,25,27). The first-order valence-corrected chi connectivity index (χ1v) is 11.7. The molecule has 6 nitrogen and oxygen atoms in total. The van der Waals surface area contributed by atoms with Gasteiger partial charge in [0.15, 0.2) is 0 Å².